The third-order valence-electron chi connectivity index (χ3n) is 3.91. The number of carbonyl (C=O) groups excluding carboxylic acids is 1. The zero-order chi connectivity index (χ0) is 16.7. The van der Waals surface area contributed by atoms with Gasteiger partial charge in [-0.3, -0.25) is 9.59 Å². The highest BCUT2D eigenvalue weighted by Crippen LogP contribution is 2.28. The lowest BCUT2D eigenvalue weighted by atomic mass is 9.98. The second-order valence-electron chi connectivity index (χ2n) is 5.51. The summed E-state index contributed by atoms with van der Waals surface area (Å²) in [6, 6.07) is 18.9. The maximum Gasteiger partial charge on any atom is 0.196 e. The summed E-state index contributed by atoms with van der Waals surface area (Å²) in [5.41, 5.74) is 1.59. The van der Waals surface area contributed by atoms with Gasteiger partial charge in [0, 0.05) is 27.6 Å². The Hall–Kier alpha value is -2.91. The van der Waals surface area contributed by atoms with Crippen LogP contribution in [0.2, 0.25) is 5.02 Å². The monoisotopic (exact) mass is 334 g/mol. The van der Waals surface area contributed by atoms with E-state index in [1.165, 1.54) is 6.07 Å². The fourth-order valence-electron chi connectivity index (χ4n) is 2.69. The second-order valence-corrected chi connectivity index (χ2v) is 5.94. The molecule has 0 spiro atoms. The molecule has 24 heavy (non-hydrogen) atoms. The number of fused-ring (bicyclic) bond motifs is 2. The van der Waals surface area contributed by atoms with E-state index in [0.717, 1.165) is 5.39 Å². The van der Waals surface area contributed by atoms with Crippen LogP contribution in [-0.4, -0.2) is 5.78 Å². The van der Waals surface area contributed by atoms with Crippen molar-refractivity contribution >= 4 is 28.4 Å². The van der Waals surface area contributed by atoms with Gasteiger partial charge in [-0.1, -0.05) is 29.8 Å². The van der Waals surface area contributed by atoms with Crippen LogP contribution in [0.4, 0.5) is 0 Å². The number of halogens is 1. The fraction of sp³-hybridized carbons (Fsp3) is 0. The Bertz CT molecular complexity index is 1090. The van der Waals surface area contributed by atoms with Gasteiger partial charge in [-0.15, -0.1) is 0 Å². The number of carbonyl (C=O) groups is 1. The highest BCUT2D eigenvalue weighted by Gasteiger charge is 2.17. The molecule has 1 aliphatic heterocycles. The summed E-state index contributed by atoms with van der Waals surface area (Å²) in [6.07, 6.45) is 0. The van der Waals surface area contributed by atoms with Crippen LogP contribution >= 0.6 is 11.6 Å². The Balaban J connectivity index is 1.90. The van der Waals surface area contributed by atoms with Crippen molar-refractivity contribution in [1.29, 1.82) is 0 Å². The minimum Gasteiger partial charge on any atom is -0.456 e. The topological polar surface area (TPSA) is 47.3 Å². The maximum absolute atomic E-state index is 12.6. The van der Waals surface area contributed by atoms with E-state index in [-0.39, 0.29) is 16.8 Å². The molecule has 0 unspecified atom stereocenters. The predicted molar refractivity (Wildman–Crippen MR) is 94.0 cm³/mol. The second kappa shape index (κ2) is 5.62. The van der Waals surface area contributed by atoms with Crippen LogP contribution in [0.3, 0.4) is 0 Å². The summed E-state index contributed by atoms with van der Waals surface area (Å²) in [5.74, 6) is 0.137. The molecule has 2 aliphatic rings. The number of hydrogen-bond acceptors (Lipinski definition) is 3. The van der Waals surface area contributed by atoms with Crippen LogP contribution in [-0.2, 0) is 0 Å². The quantitative estimate of drug-likeness (QED) is 0.391. The molecular weight excluding hydrogens is 324 g/mol. The highest BCUT2D eigenvalue weighted by molar-refractivity contribution is 6.30. The number of ketones is 1. The Morgan fingerprint density at radius 1 is 0.917 bits per heavy atom. The number of benzene rings is 3. The Morgan fingerprint density at radius 2 is 1.67 bits per heavy atom. The summed E-state index contributed by atoms with van der Waals surface area (Å²) in [5, 5.41) is 1.45. The van der Waals surface area contributed by atoms with Gasteiger partial charge < -0.3 is 4.42 Å². The van der Waals surface area contributed by atoms with Crippen LogP contribution in [0.5, 0.6) is 0 Å². The van der Waals surface area contributed by atoms with Gasteiger partial charge in [-0.05, 0) is 42.5 Å². The third-order valence-corrected chi connectivity index (χ3v) is 4.16. The molecule has 0 bridgehead atoms. The van der Waals surface area contributed by atoms with E-state index in [1.807, 2.05) is 30.3 Å². The van der Waals surface area contributed by atoms with Crippen LogP contribution in [0.1, 0.15) is 15.9 Å². The standard InChI is InChI=1S/C20H11ClO3/c21-15-7-5-12(6-8-15)20(23)16-10-14-9-13-3-1-2-4-18(13)24-19(14)11-17(16)22/h1-11H. The summed E-state index contributed by atoms with van der Waals surface area (Å²) >= 11 is 5.84. The first-order chi connectivity index (χ1) is 11.6. The van der Waals surface area contributed by atoms with Crippen molar-refractivity contribution in [2.75, 3.05) is 0 Å². The van der Waals surface area contributed by atoms with E-state index in [1.54, 1.807) is 30.3 Å². The van der Waals surface area contributed by atoms with E-state index in [9.17, 15) is 9.59 Å². The smallest absolute Gasteiger partial charge is 0.196 e. The lowest BCUT2D eigenvalue weighted by Crippen LogP contribution is -2.15. The molecule has 4 rings (SSSR count). The normalized spacial score (nSPS) is 11.0. The van der Waals surface area contributed by atoms with Crippen molar-refractivity contribution in [3.63, 3.8) is 0 Å². The van der Waals surface area contributed by atoms with Crippen LogP contribution in [0, 0.1) is 0 Å². The van der Waals surface area contributed by atoms with Gasteiger partial charge in [0.2, 0.25) is 0 Å². The zero-order valence-corrected chi connectivity index (χ0v) is 13.2. The molecule has 0 N–H and O–H groups in total. The van der Waals surface area contributed by atoms with Gasteiger partial charge in [-0.25, -0.2) is 0 Å². The average Bonchev–Trinajstić information content (AvgIpc) is 2.59. The first-order valence-corrected chi connectivity index (χ1v) is 7.76. The average molecular weight is 335 g/mol. The summed E-state index contributed by atoms with van der Waals surface area (Å²) in [6.45, 7) is 0. The first-order valence-electron chi connectivity index (χ1n) is 7.39. The molecule has 0 radical (unpaired) electrons. The van der Waals surface area contributed by atoms with Gasteiger partial charge in [0.1, 0.15) is 11.3 Å². The molecule has 3 nitrogen and oxygen atoms in total. The molecule has 116 valence electrons. The minimum absolute atomic E-state index is 0.121. The van der Waals surface area contributed by atoms with E-state index >= 15 is 0 Å². The summed E-state index contributed by atoms with van der Waals surface area (Å²) in [7, 11) is 0. The largest absolute Gasteiger partial charge is 0.456 e. The van der Waals surface area contributed by atoms with Gasteiger partial charge in [0.05, 0.1) is 5.56 Å². The van der Waals surface area contributed by atoms with E-state index in [2.05, 4.69) is 0 Å². The molecule has 0 atom stereocenters. The molecule has 1 aliphatic carbocycles. The predicted octanol–water partition coefficient (Wildman–Crippen LogP) is 4.78. The number of para-hydroxylation sites is 1. The van der Waals surface area contributed by atoms with Crippen LogP contribution < -0.4 is 5.43 Å². The maximum atomic E-state index is 12.6. The van der Waals surface area contributed by atoms with Gasteiger partial charge >= 0.3 is 0 Å². The summed E-state index contributed by atoms with van der Waals surface area (Å²) < 4.78 is 5.75. The molecule has 4 heteroatoms. The SMILES string of the molecule is O=C(c1ccc(Cl)cc1)c1cc2cc3ccccc3oc-2cc1=O. The van der Waals surface area contributed by atoms with E-state index in [4.69, 9.17) is 16.0 Å². The van der Waals surface area contributed by atoms with Crippen molar-refractivity contribution in [2.24, 2.45) is 0 Å². The van der Waals surface area contributed by atoms with Crippen molar-refractivity contribution in [1.82, 2.24) is 0 Å². The van der Waals surface area contributed by atoms with Crippen molar-refractivity contribution in [3.05, 3.63) is 93.1 Å². The lowest BCUT2D eigenvalue weighted by molar-refractivity contribution is 0.103. The fourth-order valence-corrected chi connectivity index (χ4v) is 2.82. The molecule has 1 heterocycles. The minimum atomic E-state index is -0.360. The van der Waals surface area contributed by atoms with Crippen LogP contribution in [0.25, 0.3) is 22.3 Å². The number of hydrogen-bond donors (Lipinski definition) is 0. The third kappa shape index (κ3) is 2.49. The molecule has 0 saturated heterocycles. The van der Waals surface area contributed by atoms with Gasteiger partial charge in [0.15, 0.2) is 11.2 Å². The van der Waals surface area contributed by atoms with Gasteiger partial charge in [-0.2, -0.15) is 0 Å². The number of rotatable bonds is 2. The molecule has 0 fully saturated rings. The molecular formula is C20H11ClO3. The zero-order valence-electron chi connectivity index (χ0n) is 12.5. The van der Waals surface area contributed by atoms with Crippen molar-refractivity contribution in [2.45, 2.75) is 0 Å². The summed E-state index contributed by atoms with van der Waals surface area (Å²) in [4.78, 5) is 25.0. The van der Waals surface area contributed by atoms with Crippen molar-refractivity contribution < 1.29 is 9.21 Å². The molecule has 0 saturated carbocycles. The lowest BCUT2D eigenvalue weighted by Gasteiger charge is -2.08. The molecule has 2 aromatic carbocycles. The molecule has 0 amide bonds. The van der Waals surface area contributed by atoms with Gasteiger partial charge in [0.25, 0.3) is 0 Å². The Morgan fingerprint density at radius 3 is 2.46 bits per heavy atom. The highest BCUT2D eigenvalue weighted by atomic mass is 35.5. The Labute approximate surface area is 142 Å². The molecule has 0 aromatic heterocycles. The first kappa shape index (κ1) is 14.7. The van der Waals surface area contributed by atoms with Crippen LogP contribution in [0.15, 0.2) is 75.9 Å². The van der Waals surface area contributed by atoms with Crippen molar-refractivity contribution in [3.8, 4) is 11.3 Å². The van der Waals surface area contributed by atoms with E-state index in [0.29, 0.717) is 27.5 Å². The Kier molecular flexibility index (Phi) is 3.44. The van der Waals surface area contributed by atoms with E-state index < -0.39 is 0 Å². The molecule has 2 aromatic rings.